The van der Waals surface area contributed by atoms with E-state index in [1.54, 1.807) is 18.7 Å². The van der Waals surface area contributed by atoms with Gasteiger partial charge in [0.1, 0.15) is 4.21 Å². The average Bonchev–Trinajstić information content (AvgIpc) is 3.09. The van der Waals surface area contributed by atoms with Crippen molar-refractivity contribution in [3.05, 3.63) is 35.2 Å². The number of rotatable bonds is 7. The number of hydrogen-bond donors (Lipinski definition) is 1. The highest BCUT2D eigenvalue weighted by Gasteiger charge is 2.25. The van der Waals surface area contributed by atoms with Crippen LogP contribution in [0.3, 0.4) is 0 Å². The Kier molecular flexibility index (Phi) is 5.79. The molecule has 0 saturated heterocycles. The second-order valence-electron chi connectivity index (χ2n) is 5.05. The molecule has 0 radical (unpaired) electrons. The maximum absolute atomic E-state index is 12.3. The number of hydrogen-bond acceptors (Lipinski definition) is 5. The SMILES string of the molecule is CC(Cn1ccnc1)NC(=O)CN(C)S(=O)(=O)c1ccc(Cl)s1. The lowest BCUT2D eigenvalue weighted by Crippen LogP contribution is -2.42. The third kappa shape index (κ3) is 4.77. The van der Waals surface area contributed by atoms with E-state index in [4.69, 9.17) is 11.6 Å². The van der Waals surface area contributed by atoms with Crippen LogP contribution in [0.2, 0.25) is 4.34 Å². The molecular formula is C13H17ClN4O3S2. The van der Waals surface area contributed by atoms with Gasteiger partial charge in [0.2, 0.25) is 5.91 Å². The van der Waals surface area contributed by atoms with Gasteiger partial charge in [0.15, 0.2) is 0 Å². The molecule has 1 atom stereocenters. The Labute approximate surface area is 143 Å². The summed E-state index contributed by atoms with van der Waals surface area (Å²) in [7, 11) is -2.34. The molecule has 0 spiro atoms. The van der Waals surface area contributed by atoms with Gasteiger partial charge < -0.3 is 9.88 Å². The number of carbonyl (C=O) groups is 1. The van der Waals surface area contributed by atoms with Crippen molar-refractivity contribution in [3.8, 4) is 0 Å². The van der Waals surface area contributed by atoms with Crippen molar-refractivity contribution >= 4 is 38.9 Å². The van der Waals surface area contributed by atoms with Gasteiger partial charge in [-0.05, 0) is 19.1 Å². The lowest BCUT2D eigenvalue weighted by Gasteiger charge is -2.18. The van der Waals surface area contributed by atoms with E-state index in [0.717, 1.165) is 15.6 Å². The average molecular weight is 377 g/mol. The van der Waals surface area contributed by atoms with Gasteiger partial charge in [0.25, 0.3) is 10.0 Å². The molecule has 2 aromatic heterocycles. The molecule has 10 heteroatoms. The van der Waals surface area contributed by atoms with Gasteiger partial charge >= 0.3 is 0 Å². The van der Waals surface area contributed by atoms with Crippen LogP contribution in [0.1, 0.15) is 6.92 Å². The maximum atomic E-state index is 12.3. The molecule has 0 bridgehead atoms. The topological polar surface area (TPSA) is 84.3 Å². The zero-order chi connectivity index (χ0) is 17.0. The maximum Gasteiger partial charge on any atom is 0.252 e. The van der Waals surface area contributed by atoms with Crippen LogP contribution in [0.4, 0.5) is 0 Å². The van der Waals surface area contributed by atoms with Crippen LogP contribution in [-0.2, 0) is 21.4 Å². The highest BCUT2D eigenvalue weighted by molar-refractivity contribution is 7.91. The predicted molar refractivity (Wildman–Crippen MR) is 89.0 cm³/mol. The van der Waals surface area contributed by atoms with Crippen LogP contribution in [0, 0.1) is 0 Å². The first-order valence-electron chi connectivity index (χ1n) is 6.76. The Morgan fingerprint density at radius 1 is 1.52 bits per heavy atom. The standard InChI is InChI=1S/C13H17ClN4O3S2/c1-10(7-18-6-5-15-9-18)16-12(19)8-17(2)23(20,21)13-4-3-11(14)22-13/h3-6,9-10H,7-8H2,1-2H3,(H,16,19). The van der Waals surface area contributed by atoms with Crippen LogP contribution in [0.25, 0.3) is 0 Å². The fraction of sp³-hybridized carbons (Fsp3) is 0.385. The van der Waals surface area contributed by atoms with Gasteiger partial charge in [0, 0.05) is 32.0 Å². The summed E-state index contributed by atoms with van der Waals surface area (Å²) in [6, 6.07) is 2.79. The summed E-state index contributed by atoms with van der Waals surface area (Å²) < 4.78 is 28.0. The van der Waals surface area contributed by atoms with Crippen LogP contribution < -0.4 is 5.32 Å². The summed E-state index contributed by atoms with van der Waals surface area (Å²) in [5.41, 5.74) is 0. The first-order chi connectivity index (χ1) is 10.8. The molecule has 0 fully saturated rings. The van der Waals surface area contributed by atoms with E-state index in [0.29, 0.717) is 10.9 Å². The van der Waals surface area contributed by atoms with E-state index in [2.05, 4.69) is 10.3 Å². The Hall–Kier alpha value is -1.42. The zero-order valence-electron chi connectivity index (χ0n) is 12.6. The summed E-state index contributed by atoms with van der Waals surface area (Å²) >= 11 is 6.72. The molecule has 2 heterocycles. The molecule has 0 aromatic carbocycles. The fourth-order valence-electron chi connectivity index (χ4n) is 1.95. The summed E-state index contributed by atoms with van der Waals surface area (Å²) in [6.07, 6.45) is 5.10. The van der Waals surface area contributed by atoms with E-state index < -0.39 is 10.0 Å². The van der Waals surface area contributed by atoms with Crippen molar-refractivity contribution in [2.24, 2.45) is 0 Å². The highest BCUT2D eigenvalue weighted by atomic mass is 35.5. The number of thiophene rings is 1. The third-order valence-corrected chi connectivity index (χ3v) is 6.53. The van der Waals surface area contributed by atoms with Crippen molar-refractivity contribution in [3.63, 3.8) is 0 Å². The second-order valence-corrected chi connectivity index (χ2v) is 9.03. The largest absolute Gasteiger partial charge is 0.351 e. The van der Waals surface area contributed by atoms with Gasteiger partial charge in [-0.15, -0.1) is 11.3 Å². The van der Waals surface area contributed by atoms with Crippen LogP contribution >= 0.6 is 22.9 Å². The molecular weight excluding hydrogens is 360 g/mol. The van der Waals surface area contributed by atoms with Gasteiger partial charge in [-0.25, -0.2) is 13.4 Å². The minimum absolute atomic E-state index is 0.115. The molecule has 0 aliphatic carbocycles. The Morgan fingerprint density at radius 2 is 2.26 bits per heavy atom. The number of likely N-dealkylation sites (N-methyl/N-ethyl adjacent to an activating group) is 1. The monoisotopic (exact) mass is 376 g/mol. The number of halogens is 1. The third-order valence-electron chi connectivity index (χ3n) is 3.03. The number of nitrogens with one attached hydrogen (secondary N) is 1. The smallest absolute Gasteiger partial charge is 0.252 e. The minimum atomic E-state index is -3.71. The van der Waals surface area contributed by atoms with Gasteiger partial charge in [-0.1, -0.05) is 11.6 Å². The predicted octanol–water partition coefficient (Wildman–Crippen LogP) is 1.42. The normalized spacial score (nSPS) is 13.2. The van der Waals surface area contributed by atoms with Crippen LogP contribution in [0.15, 0.2) is 35.1 Å². The highest BCUT2D eigenvalue weighted by Crippen LogP contribution is 2.27. The molecule has 7 nitrogen and oxygen atoms in total. The molecule has 0 aliphatic heterocycles. The number of imidazole rings is 1. The first kappa shape index (κ1) is 17.9. The molecule has 1 N–H and O–H groups in total. The number of nitrogens with zero attached hydrogens (tertiary/aromatic N) is 3. The van der Waals surface area contributed by atoms with Crippen LogP contribution in [-0.4, -0.2) is 47.8 Å². The first-order valence-corrected chi connectivity index (χ1v) is 9.39. The van der Waals surface area contributed by atoms with Gasteiger partial charge in [0.05, 0.1) is 17.2 Å². The lowest BCUT2D eigenvalue weighted by molar-refractivity contribution is -0.121. The summed E-state index contributed by atoms with van der Waals surface area (Å²) in [4.78, 5) is 15.9. The second kappa shape index (κ2) is 7.43. The number of amides is 1. The molecule has 0 aliphatic rings. The molecule has 126 valence electrons. The van der Waals surface area contributed by atoms with E-state index in [1.165, 1.54) is 19.2 Å². The molecule has 2 aromatic rings. The fourth-order valence-corrected chi connectivity index (χ4v) is 4.77. The molecule has 2 rings (SSSR count). The number of sulfonamides is 1. The quantitative estimate of drug-likeness (QED) is 0.792. The lowest BCUT2D eigenvalue weighted by atomic mass is 10.3. The minimum Gasteiger partial charge on any atom is -0.351 e. The number of carbonyl (C=O) groups excluding carboxylic acids is 1. The zero-order valence-corrected chi connectivity index (χ0v) is 15.0. The molecule has 1 unspecified atom stereocenters. The Morgan fingerprint density at radius 3 is 2.83 bits per heavy atom. The van der Waals surface area contributed by atoms with Gasteiger partial charge in [-0.2, -0.15) is 4.31 Å². The number of aromatic nitrogens is 2. The molecule has 1 amide bonds. The van der Waals surface area contributed by atoms with E-state index in [1.807, 2.05) is 11.5 Å². The van der Waals surface area contributed by atoms with Crippen molar-refractivity contribution < 1.29 is 13.2 Å². The van der Waals surface area contributed by atoms with Crippen molar-refractivity contribution in [1.82, 2.24) is 19.2 Å². The Bertz CT molecular complexity index is 758. The molecule has 0 saturated carbocycles. The van der Waals surface area contributed by atoms with E-state index in [-0.39, 0.29) is 22.7 Å². The van der Waals surface area contributed by atoms with Gasteiger partial charge in [-0.3, -0.25) is 4.79 Å². The molecule has 23 heavy (non-hydrogen) atoms. The van der Waals surface area contributed by atoms with Crippen molar-refractivity contribution in [2.75, 3.05) is 13.6 Å². The Balaban J connectivity index is 1.91. The van der Waals surface area contributed by atoms with Crippen molar-refractivity contribution in [2.45, 2.75) is 23.7 Å². The van der Waals surface area contributed by atoms with Crippen LogP contribution in [0.5, 0.6) is 0 Å². The van der Waals surface area contributed by atoms with E-state index in [9.17, 15) is 13.2 Å². The van der Waals surface area contributed by atoms with Crippen molar-refractivity contribution in [1.29, 1.82) is 0 Å². The summed E-state index contributed by atoms with van der Waals surface area (Å²) in [5.74, 6) is -0.369. The summed E-state index contributed by atoms with van der Waals surface area (Å²) in [5, 5.41) is 2.76. The summed E-state index contributed by atoms with van der Waals surface area (Å²) in [6.45, 7) is 2.14. The van der Waals surface area contributed by atoms with E-state index >= 15 is 0 Å².